The first-order chi connectivity index (χ1) is 8.93. The SMILES string of the molecule is Cc1cccc(CN)c1N1CCCC(C(F)(F)F)C1. The first kappa shape index (κ1) is 14.2. The number of nitrogens with two attached hydrogens (primary N) is 1. The Balaban J connectivity index is 2.27. The zero-order chi connectivity index (χ0) is 14.0. The Bertz CT molecular complexity index is 443. The predicted octanol–water partition coefficient (Wildman–Crippen LogP) is 3.23. The molecule has 0 radical (unpaired) electrons. The number of aryl methyl sites for hydroxylation is 1. The van der Waals surface area contributed by atoms with E-state index in [1.807, 2.05) is 30.0 Å². The Morgan fingerprint density at radius 2 is 2.11 bits per heavy atom. The Labute approximate surface area is 111 Å². The molecule has 1 aliphatic rings. The highest BCUT2D eigenvalue weighted by molar-refractivity contribution is 5.59. The van der Waals surface area contributed by atoms with Crippen molar-refractivity contribution in [1.29, 1.82) is 0 Å². The lowest BCUT2D eigenvalue weighted by molar-refractivity contribution is -0.176. The van der Waals surface area contributed by atoms with Gasteiger partial charge in [-0.05, 0) is 30.9 Å². The van der Waals surface area contributed by atoms with E-state index in [1.54, 1.807) is 0 Å². The Morgan fingerprint density at radius 3 is 2.74 bits per heavy atom. The lowest BCUT2D eigenvalue weighted by atomic mass is 9.95. The van der Waals surface area contributed by atoms with Gasteiger partial charge in [-0.2, -0.15) is 13.2 Å². The van der Waals surface area contributed by atoms with Gasteiger partial charge < -0.3 is 10.6 Å². The van der Waals surface area contributed by atoms with Gasteiger partial charge in [-0.3, -0.25) is 0 Å². The molecule has 1 aromatic rings. The van der Waals surface area contributed by atoms with Gasteiger partial charge in [0.05, 0.1) is 5.92 Å². The van der Waals surface area contributed by atoms with Crippen molar-refractivity contribution in [2.24, 2.45) is 11.7 Å². The molecule has 0 amide bonds. The molecule has 5 heteroatoms. The van der Waals surface area contributed by atoms with Crippen molar-refractivity contribution in [2.45, 2.75) is 32.5 Å². The summed E-state index contributed by atoms with van der Waals surface area (Å²) in [4.78, 5) is 1.85. The number of nitrogens with zero attached hydrogens (tertiary/aromatic N) is 1. The third-order valence-electron chi connectivity index (χ3n) is 3.74. The van der Waals surface area contributed by atoms with E-state index >= 15 is 0 Å². The average Bonchev–Trinajstić information content (AvgIpc) is 2.37. The number of anilines is 1. The molecule has 2 rings (SSSR count). The van der Waals surface area contributed by atoms with E-state index < -0.39 is 12.1 Å². The Hall–Kier alpha value is -1.23. The van der Waals surface area contributed by atoms with Crippen molar-refractivity contribution in [3.8, 4) is 0 Å². The summed E-state index contributed by atoms with van der Waals surface area (Å²) in [6, 6.07) is 5.71. The largest absolute Gasteiger partial charge is 0.393 e. The van der Waals surface area contributed by atoms with Gasteiger partial charge in [0, 0.05) is 25.3 Å². The zero-order valence-corrected chi connectivity index (χ0v) is 11.0. The minimum absolute atomic E-state index is 0.0430. The van der Waals surface area contributed by atoms with Crippen LogP contribution in [0.2, 0.25) is 0 Å². The molecule has 2 nitrogen and oxygen atoms in total. The Morgan fingerprint density at radius 1 is 1.37 bits per heavy atom. The molecular formula is C14H19F3N2. The molecule has 2 N–H and O–H groups in total. The van der Waals surface area contributed by atoms with E-state index in [9.17, 15) is 13.2 Å². The molecule has 19 heavy (non-hydrogen) atoms. The molecule has 0 aromatic heterocycles. The van der Waals surface area contributed by atoms with Crippen LogP contribution in [0.4, 0.5) is 18.9 Å². The summed E-state index contributed by atoms with van der Waals surface area (Å²) in [5.41, 5.74) is 8.50. The van der Waals surface area contributed by atoms with Crippen molar-refractivity contribution in [3.05, 3.63) is 29.3 Å². The second kappa shape index (κ2) is 5.41. The first-order valence-electron chi connectivity index (χ1n) is 6.53. The van der Waals surface area contributed by atoms with Crippen molar-refractivity contribution in [2.75, 3.05) is 18.0 Å². The second-order valence-corrected chi connectivity index (χ2v) is 5.11. The molecule has 1 fully saturated rings. The monoisotopic (exact) mass is 272 g/mol. The average molecular weight is 272 g/mol. The molecule has 0 spiro atoms. The normalized spacial score (nSPS) is 20.7. The summed E-state index contributed by atoms with van der Waals surface area (Å²) in [7, 11) is 0. The highest BCUT2D eigenvalue weighted by Gasteiger charge is 2.42. The van der Waals surface area contributed by atoms with E-state index in [1.165, 1.54) is 0 Å². The fraction of sp³-hybridized carbons (Fsp3) is 0.571. The topological polar surface area (TPSA) is 29.3 Å². The zero-order valence-electron chi connectivity index (χ0n) is 11.0. The minimum Gasteiger partial charge on any atom is -0.370 e. The molecular weight excluding hydrogens is 253 g/mol. The van der Waals surface area contributed by atoms with Gasteiger partial charge in [-0.15, -0.1) is 0 Å². The molecule has 0 aliphatic carbocycles. The lowest BCUT2D eigenvalue weighted by Crippen LogP contribution is -2.42. The molecule has 1 heterocycles. The van der Waals surface area contributed by atoms with Gasteiger partial charge in [0.1, 0.15) is 0 Å². The highest BCUT2D eigenvalue weighted by atomic mass is 19.4. The number of halogens is 3. The van der Waals surface area contributed by atoms with Gasteiger partial charge in [0.2, 0.25) is 0 Å². The lowest BCUT2D eigenvalue weighted by Gasteiger charge is -2.37. The van der Waals surface area contributed by atoms with Gasteiger partial charge >= 0.3 is 6.18 Å². The minimum atomic E-state index is -4.11. The smallest absolute Gasteiger partial charge is 0.370 e. The summed E-state index contributed by atoms with van der Waals surface area (Å²) in [5.74, 6) is -1.23. The van der Waals surface area contributed by atoms with Crippen LogP contribution in [0.1, 0.15) is 24.0 Å². The van der Waals surface area contributed by atoms with E-state index in [2.05, 4.69) is 0 Å². The standard InChI is InChI=1S/C14H19F3N2/c1-10-4-2-5-11(8-18)13(10)19-7-3-6-12(9-19)14(15,16)17/h2,4-5,12H,3,6-9,18H2,1H3. The van der Waals surface area contributed by atoms with Crippen molar-refractivity contribution in [1.82, 2.24) is 0 Å². The van der Waals surface area contributed by atoms with Gasteiger partial charge in [-0.25, -0.2) is 0 Å². The molecule has 0 saturated carbocycles. The number of hydrogen-bond acceptors (Lipinski definition) is 2. The van der Waals surface area contributed by atoms with E-state index in [-0.39, 0.29) is 13.0 Å². The summed E-state index contributed by atoms with van der Waals surface area (Å²) in [5, 5.41) is 0. The van der Waals surface area contributed by atoms with Crippen LogP contribution in [0.5, 0.6) is 0 Å². The highest BCUT2D eigenvalue weighted by Crippen LogP contribution is 2.36. The molecule has 0 bridgehead atoms. The second-order valence-electron chi connectivity index (χ2n) is 5.11. The molecule has 1 aromatic carbocycles. The van der Waals surface area contributed by atoms with Crippen LogP contribution < -0.4 is 10.6 Å². The van der Waals surface area contributed by atoms with Crippen LogP contribution in [0.25, 0.3) is 0 Å². The maximum absolute atomic E-state index is 12.9. The van der Waals surface area contributed by atoms with Crippen LogP contribution in [0.15, 0.2) is 18.2 Å². The molecule has 1 atom stereocenters. The van der Waals surface area contributed by atoms with E-state index in [0.717, 1.165) is 16.8 Å². The number of hydrogen-bond donors (Lipinski definition) is 1. The number of benzene rings is 1. The summed E-state index contributed by atoms with van der Waals surface area (Å²) in [6.45, 7) is 2.99. The van der Waals surface area contributed by atoms with Crippen molar-refractivity contribution >= 4 is 5.69 Å². The first-order valence-corrected chi connectivity index (χ1v) is 6.53. The van der Waals surface area contributed by atoms with E-state index in [0.29, 0.717) is 19.5 Å². The fourth-order valence-corrected chi connectivity index (χ4v) is 2.78. The van der Waals surface area contributed by atoms with Gasteiger partial charge in [0.15, 0.2) is 0 Å². The van der Waals surface area contributed by atoms with Gasteiger partial charge in [-0.1, -0.05) is 18.2 Å². The van der Waals surface area contributed by atoms with E-state index in [4.69, 9.17) is 5.73 Å². The molecule has 1 saturated heterocycles. The maximum atomic E-state index is 12.9. The van der Waals surface area contributed by atoms with Crippen molar-refractivity contribution in [3.63, 3.8) is 0 Å². The number of rotatable bonds is 2. The summed E-state index contributed by atoms with van der Waals surface area (Å²) in [6.07, 6.45) is -3.31. The number of alkyl halides is 3. The van der Waals surface area contributed by atoms with Crippen LogP contribution in [0.3, 0.4) is 0 Å². The van der Waals surface area contributed by atoms with Crippen LogP contribution in [-0.2, 0) is 6.54 Å². The predicted molar refractivity (Wildman–Crippen MR) is 70.1 cm³/mol. The third kappa shape index (κ3) is 3.03. The van der Waals surface area contributed by atoms with Gasteiger partial charge in [0.25, 0.3) is 0 Å². The number of para-hydroxylation sites is 1. The maximum Gasteiger partial charge on any atom is 0.393 e. The molecule has 106 valence electrons. The van der Waals surface area contributed by atoms with Crippen LogP contribution >= 0.6 is 0 Å². The molecule has 1 aliphatic heterocycles. The fourth-order valence-electron chi connectivity index (χ4n) is 2.78. The quantitative estimate of drug-likeness (QED) is 0.895. The third-order valence-corrected chi connectivity index (χ3v) is 3.74. The van der Waals surface area contributed by atoms with Crippen molar-refractivity contribution < 1.29 is 13.2 Å². The Kier molecular flexibility index (Phi) is 4.04. The number of piperidine rings is 1. The van der Waals surface area contributed by atoms with Crippen LogP contribution in [0, 0.1) is 12.8 Å². The summed E-state index contributed by atoms with van der Waals surface area (Å²) < 4.78 is 38.6. The summed E-state index contributed by atoms with van der Waals surface area (Å²) >= 11 is 0. The molecule has 1 unspecified atom stereocenters. The van der Waals surface area contributed by atoms with Crippen LogP contribution in [-0.4, -0.2) is 19.3 Å².